The Morgan fingerprint density at radius 2 is 1.97 bits per heavy atom. The number of nitrogens with zero attached hydrogens (tertiary/aromatic N) is 1. The molecule has 7 atom stereocenters. The number of hydrogen-bond donors (Lipinski definition) is 2. The minimum Gasteiger partial charge on any atom is -0.469 e. The Bertz CT molecular complexity index is 778. The number of aliphatic hydroxyl groups is 2. The minimum absolute atomic E-state index is 0.0897. The Morgan fingerprint density at radius 1 is 1.29 bits per heavy atom. The third kappa shape index (κ3) is 3.74. The lowest BCUT2D eigenvalue weighted by Crippen LogP contribution is -2.65. The number of aliphatic hydroxyl groups excluding tert-OH is 2. The number of rotatable bonds is 4. The van der Waals surface area contributed by atoms with Gasteiger partial charge in [0.1, 0.15) is 6.10 Å². The molecule has 2 N–H and O–H groups in total. The van der Waals surface area contributed by atoms with Crippen LogP contribution in [0.2, 0.25) is 0 Å². The summed E-state index contributed by atoms with van der Waals surface area (Å²) in [7, 11) is 3.00. The van der Waals surface area contributed by atoms with Crippen LogP contribution in [-0.2, 0) is 19.1 Å². The molecule has 0 aromatic carbocycles. The molecule has 174 valence electrons. The maximum atomic E-state index is 13.5. The molecule has 3 saturated carbocycles. The van der Waals surface area contributed by atoms with Crippen LogP contribution < -0.4 is 0 Å². The van der Waals surface area contributed by atoms with E-state index in [1.165, 1.54) is 12.0 Å². The van der Waals surface area contributed by atoms with Crippen molar-refractivity contribution in [2.24, 2.45) is 34.5 Å². The normalized spacial score (nSPS) is 41.3. The summed E-state index contributed by atoms with van der Waals surface area (Å²) in [4.78, 5) is 40.2. The van der Waals surface area contributed by atoms with Crippen molar-refractivity contribution in [3.63, 3.8) is 0 Å². The van der Waals surface area contributed by atoms with Crippen LogP contribution in [0.3, 0.4) is 0 Å². The molecule has 7 nitrogen and oxygen atoms in total. The van der Waals surface area contributed by atoms with Crippen LogP contribution in [0.25, 0.3) is 0 Å². The zero-order valence-electron chi connectivity index (χ0n) is 19.4. The van der Waals surface area contributed by atoms with Gasteiger partial charge in [-0.15, -0.1) is 0 Å². The molecule has 3 fully saturated rings. The lowest BCUT2D eigenvalue weighted by molar-refractivity contribution is -0.193. The molecule has 3 aliphatic carbocycles. The summed E-state index contributed by atoms with van der Waals surface area (Å²) in [5, 5.41) is 20.3. The van der Waals surface area contributed by atoms with Crippen molar-refractivity contribution in [1.82, 2.24) is 4.90 Å². The highest BCUT2D eigenvalue weighted by molar-refractivity contribution is 5.94. The fourth-order valence-electron chi connectivity index (χ4n) is 7.04. The lowest BCUT2D eigenvalue weighted by Gasteiger charge is -2.61. The summed E-state index contributed by atoms with van der Waals surface area (Å²) < 4.78 is 5.09. The molecule has 31 heavy (non-hydrogen) atoms. The molecule has 1 amide bonds. The topological polar surface area (TPSA) is 104 Å². The monoisotopic (exact) mass is 435 g/mol. The summed E-state index contributed by atoms with van der Waals surface area (Å²) in [5.41, 5.74) is -0.372. The maximum Gasteiger partial charge on any atom is 0.312 e. The minimum atomic E-state index is -1.16. The zero-order valence-corrected chi connectivity index (χ0v) is 19.4. The van der Waals surface area contributed by atoms with Gasteiger partial charge in [0.15, 0.2) is 5.78 Å². The first-order chi connectivity index (χ1) is 14.5. The number of carbonyl (C=O) groups is 3. The van der Waals surface area contributed by atoms with Gasteiger partial charge in [0.05, 0.1) is 19.1 Å². The van der Waals surface area contributed by atoms with Gasteiger partial charge in [0.25, 0.3) is 0 Å². The second kappa shape index (κ2) is 8.66. The Balaban J connectivity index is 1.96. The molecule has 0 bridgehead atoms. The Kier molecular flexibility index (Phi) is 6.68. The van der Waals surface area contributed by atoms with E-state index >= 15 is 0 Å². The summed E-state index contributed by atoms with van der Waals surface area (Å²) >= 11 is 0. The predicted molar refractivity (Wildman–Crippen MR) is 115 cm³/mol. The number of ketones is 1. The van der Waals surface area contributed by atoms with Crippen LogP contribution in [0.15, 0.2) is 11.6 Å². The fourth-order valence-corrected chi connectivity index (χ4v) is 7.04. The van der Waals surface area contributed by atoms with Crippen LogP contribution in [0.5, 0.6) is 0 Å². The van der Waals surface area contributed by atoms with Gasteiger partial charge in [-0.05, 0) is 49.9 Å². The van der Waals surface area contributed by atoms with Gasteiger partial charge < -0.3 is 19.8 Å². The van der Waals surface area contributed by atoms with E-state index in [-0.39, 0.29) is 54.0 Å². The number of allylic oxidation sites excluding steroid dienone is 1. The number of esters is 1. The van der Waals surface area contributed by atoms with Gasteiger partial charge in [0.2, 0.25) is 5.91 Å². The third-order valence-electron chi connectivity index (χ3n) is 8.64. The molecular formula is C24H37NO6. The quantitative estimate of drug-likeness (QED) is 0.517. The van der Waals surface area contributed by atoms with E-state index in [2.05, 4.69) is 6.92 Å². The van der Waals surface area contributed by atoms with E-state index in [9.17, 15) is 19.5 Å². The van der Waals surface area contributed by atoms with E-state index < -0.39 is 17.4 Å². The number of fused-ring (bicyclic) bond motifs is 3. The van der Waals surface area contributed by atoms with Crippen LogP contribution in [0.1, 0.15) is 52.9 Å². The average molecular weight is 436 g/mol. The van der Waals surface area contributed by atoms with Crippen molar-refractivity contribution < 1.29 is 29.3 Å². The average Bonchev–Trinajstić information content (AvgIpc) is 2.72. The largest absolute Gasteiger partial charge is 0.469 e. The summed E-state index contributed by atoms with van der Waals surface area (Å²) in [6.07, 6.45) is 4.21. The van der Waals surface area contributed by atoms with Crippen molar-refractivity contribution in [2.45, 2.75) is 59.0 Å². The molecule has 0 aromatic heterocycles. The summed E-state index contributed by atoms with van der Waals surface area (Å²) in [6, 6.07) is 0. The van der Waals surface area contributed by atoms with Gasteiger partial charge in [0, 0.05) is 31.5 Å². The number of hydrogen-bond acceptors (Lipinski definition) is 6. The Morgan fingerprint density at radius 3 is 2.58 bits per heavy atom. The maximum absolute atomic E-state index is 13.5. The van der Waals surface area contributed by atoms with E-state index in [1.807, 2.05) is 13.8 Å². The van der Waals surface area contributed by atoms with Gasteiger partial charge in [-0.2, -0.15) is 0 Å². The molecule has 0 aromatic rings. The molecule has 3 rings (SSSR count). The second-order valence-corrected chi connectivity index (χ2v) is 10.3. The first-order valence-electron chi connectivity index (χ1n) is 11.4. The number of carbonyl (C=O) groups excluding carboxylic acids is 3. The number of ether oxygens (including phenoxy) is 1. The van der Waals surface area contributed by atoms with E-state index in [1.54, 1.807) is 13.1 Å². The third-order valence-corrected chi connectivity index (χ3v) is 8.64. The number of likely N-dealkylation sites (N-methyl/N-ethyl adjacent to an activating group) is 1. The van der Waals surface area contributed by atoms with Crippen molar-refractivity contribution in [1.29, 1.82) is 0 Å². The molecule has 0 radical (unpaired) electrons. The second-order valence-electron chi connectivity index (χ2n) is 10.3. The Hall–Kier alpha value is -1.73. The highest BCUT2D eigenvalue weighted by atomic mass is 16.5. The van der Waals surface area contributed by atoms with Crippen LogP contribution >= 0.6 is 0 Å². The van der Waals surface area contributed by atoms with Gasteiger partial charge in [-0.3, -0.25) is 14.4 Å². The lowest BCUT2D eigenvalue weighted by atomic mass is 9.42. The Labute approximate surface area is 184 Å². The van der Waals surface area contributed by atoms with Crippen molar-refractivity contribution in [2.75, 3.05) is 27.3 Å². The predicted octanol–water partition coefficient (Wildman–Crippen LogP) is 1.96. The summed E-state index contributed by atoms with van der Waals surface area (Å²) in [6.45, 7) is 6.08. The molecule has 0 aliphatic heterocycles. The molecule has 0 spiro atoms. The number of methoxy groups -OCH3 is 1. The first-order valence-corrected chi connectivity index (χ1v) is 11.4. The van der Waals surface area contributed by atoms with Crippen molar-refractivity contribution >= 4 is 17.7 Å². The molecule has 0 heterocycles. The molecule has 3 aliphatic rings. The van der Waals surface area contributed by atoms with Gasteiger partial charge in [-0.25, -0.2) is 0 Å². The van der Waals surface area contributed by atoms with Gasteiger partial charge >= 0.3 is 5.97 Å². The smallest absolute Gasteiger partial charge is 0.312 e. The summed E-state index contributed by atoms with van der Waals surface area (Å²) in [5.74, 6) is -1.67. The van der Waals surface area contributed by atoms with Gasteiger partial charge in [-0.1, -0.05) is 25.8 Å². The highest BCUT2D eigenvalue weighted by Gasteiger charge is 2.66. The molecular weight excluding hydrogens is 398 g/mol. The SMILES string of the molecule is COC(=O)C1(C)CCCC2(C)C3CCC(=CC(=O)N(C)CCO)C(C)C3C(O)C(=O)C12. The number of amides is 1. The van der Waals surface area contributed by atoms with E-state index in [4.69, 9.17) is 9.84 Å². The first kappa shape index (κ1) is 23.9. The van der Waals surface area contributed by atoms with Crippen molar-refractivity contribution in [3.05, 3.63) is 11.6 Å². The van der Waals surface area contributed by atoms with Crippen LogP contribution in [-0.4, -0.2) is 66.2 Å². The van der Waals surface area contributed by atoms with Crippen LogP contribution in [0.4, 0.5) is 0 Å². The van der Waals surface area contributed by atoms with Crippen molar-refractivity contribution in [3.8, 4) is 0 Å². The molecule has 0 saturated heterocycles. The zero-order chi connectivity index (χ0) is 23.1. The fraction of sp³-hybridized carbons (Fsp3) is 0.792. The van der Waals surface area contributed by atoms with Crippen LogP contribution in [0, 0.1) is 34.5 Å². The number of Topliss-reactive ketones (excluding diaryl/α,β-unsaturated/α-hetero) is 1. The molecule has 7 unspecified atom stereocenters. The highest BCUT2D eigenvalue weighted by Crippen LogP contribution is 2.64. The molecule has 7 heteroatoms. The van der Waals surface area contributed by atoms with E-state index in [0.29, 0.717) is 6.42 Å². The standard InChI is InChI=1S/C24H37NO6/c1-14-15(13-17(27)25(4)11-12-26)7-8-16-18(14)19(28)20(29)21-23(16,2)9-6-10-24(21,3)22(30)31-5/h13-14,16,18-19,21,26,28H,6-12H2,1-5H3. The van der Waals surface area contributed by atoms with E-state index in [0.717, 1.165) is 31.3 Å².